The summed E-state index contributed by atoms with van der Waals surface area (Å²) in [6.07, 6.45) is 11.1. The van der Waals surface area contributed by atoms with E-state index in [1.54, 1.807) is 0 Å². The fourth-order valence-electron chi connectivity index (χ4n) is 3.66. The zero-order chi connectivity index (χ0) is 12.1. The Morgan fingerprint density at radius 1 is 1.18 bits per heavy atom. The van der Waals surface area contributed by atoms with Gasteiger partial charge in [0.05, 0.1) is 6.10 Å². The molecule has 0 bridgehead atoms. The third-order valence-electron chi connectivity index (χ3n) is 4.78. The Kier molecular flexibility index (Phi) is 4.87. The third-order valence-corrected chi connectivity index (χ3v) is 4.78. The molecule has 2 rings (SSSR count). The van der Waals surface area contributed by atoms with Crippen molar-refractivity contribution in [2.45, 2.75) is 77.4 Å². The van der Waals surface area contributed by atoms with Gasteiger partial charge in [0.25, 0.3) is 0 Å². The summed E-state index contributed by atoms with van der Waals surface area (Å²) >= 11 is 0. The number of unbranched alkanes of at least 4 members (excludes halogenated alkanes) is 1. The van der Waals surface area contributed by atoms with E-state index in [0.717, 1.165) is 12.6 Å². The van der Waals surface area contributed by atoms with Crippen molar-refractivity contribution in [3.63, 3.8) is 0 Å². The van der Waals surface area contributed by atoms with Crippen LogP contribution in [-0.4, -0.2) is 25.3 Å². The van der Waals surface area contributed by atoms with Crippen molar-refractivity contribution in [3.05, 3.63) is 0 Å². The van der Waals surface area contributed by atoms with Gasteiger partial charge < -0.3 is 10.1 Å². The predicted octanol–water partition coefficient (Wildman–Crippen LogP) is 3.50. The maximum absolute atomic E-state index is 6.13. The van der Waals surface area contributed by atoms with Gasteiger partial charge in [0, 0.05) is 18.1 Å². The van der Waals surface area contributed by atoms with Crippen molar-refractivity contribution in [1.29, 1.82) is 0 Å². The molecule has 0 aromatic heterocycles. The Labute approximate surface area is 107 Å². The highest BCUT2D eigenvalue weighted by molar-refractivity contribution is 5.09. The van der Waals surface area contributed by atoms with Gasteiger partial charge in [-0.25, -0.2) is 0 Å². The van der Waals surface area contributed by atoms with Crippen LogP contribution in [0.4, 0.5) is 0 Å². The Morgan fingerprint density at radius 3 is 2.59 bits per heavy atom. The number of hydrogen-bond acceptors (Lipinski definition) is 2. The molecule has 0 aliphatic heterocycles. The molecule has 2 aliphatic rings. The summed E-state index contributed by atoms with van der Waals surface area (Å²) in [5.41, 5.74) is 0.517. The maximum atomic E-state index is 6.13. The van der Waals surface area contributed by atoms with Crippen LogP contribution in [0.5, 0.6) is 0 Å². The lowest BCUT2D eigenvalue weighted by atomic mass is 9.60. The molecular formula is C15H29NO. The van der Waals surface area contributed by atoms with E-state index in [4.69, 9.17) is 4.74 Å². The minimum absolute atomic E-state index is 0.517. The monoisotopic (exact) mass is 239 g/mol. The molecule has 2 saturated carbocycles. The average Bonchev–Trinajstić information content (AvgIpc) is 2.84. The van der Waals surface area contributed by atoms with Crippen LogP contribution in [0.25, 0.3) is 0 Å². The first-order valence-electron chi connectivity index (χ1n) is 7.68. The fourth-order valence-corrected chi connectivity index (χ4v) is 3.66. The van der Waals surface area contributed by atoms with Gasteiger partial charge in [-0.1, -0.05) is 33.1 Å². The highest BCUT2D eigenvalue weighted by Crippen LogP contribution is 2.54. The summed E-state index contributed by atoms with van der Waals surface area (Å²) in [6.45, 7) is 6.64. The van der Waals surface area contributed by atoms with Gasteiger partial charge in [0.1, 0.15) is 0 Å². The standard InChI is InChI=1S/C15H29NO/c1-3-5-11-17-14-12-13(16-10-4-2)15(14)8-6-7-9-15/h13-14,16H,3-12H2,1-2H3. The van der Waals surface area contributed by atoms with Crippen LogP contribution in [0.2, 0.25) is 0 Å². The fraction of sp³-hybridized carbons (Fsp3) is 1.00. The molecule has 17 heavy (non-hydrogen) atoms. The van der Waals surface area contributed by atoms with Gasteiger partial charge in [0.2, 0.25) is 0 Å². The highest BCUT2D eigenvalue weighted by Gasteiger charge is 2.56. The second-order valence-electron chi connectivity index (χ2n) is 5.90. The SMILES string of the molecule is CCCCOC1CC(NCCC)C12CCCC2. The molecule has 2 aliphatic carbocycles. The van der Waals surface area contributed by atoms with E-state index in [1.165, 1.54) is 57.9 Å². The summed E-state index contributed by atoms with van der Waals surface area (Å²) in [6, 6.07) is 0.747. The number of ether oxygens (including phenoxy) is 1. The van der Waals surface area contributed by atoms with E-state index in [2.05, 4.69) is 19.2 Å². The van der Waals surface area contributed by atoms with Crippen LogP contribution in [0.1, 0.15) is 65.2 Å². The zero-order valence-electron chi connectivity index (χ0n) is 11.6. The van der Waals surface area contributed by atoms with Crippen molar-refractivity contribution < 1.29 is 4.74 Å². The quantitative estimate of drug-likeness (QED) is 0.687. The van der Waals surface area contributed by atoms with E-state index in [-0.39, 0.29) is 0 Å². The third kappa shape index (κ3) is 2.68. The second kappa shape index (κ2) is 6.19. The van der Waals surface area contributed by atoms with E-state index >= 15 is 0 Å². The molecule has 1 spiro atoms. The topological polar surface area (TPSA) is 21.3 Å². The number of rotatable bonds is 7. The molecule has 2 fully saturated rings. The lowest BCUT2D eigenvalue weighted by molar-refractivity contribution is -0.133. The molecule has 2 unspecified atom stereocenters. The Hall–Kier alpha value is -0.0800. The first-order valence-corrected chi connectivity index (χ1v) is 7.68. The normalized spacial score (nSPS) is 30.7. The average molecular weight is 239 g/mol. The molecule has 2 atom stereocenters. The van der Waals surface area contributed by atoms with Crippen molar-refractivity contribution >= 4 is 0 Å². The Morgan fingerprint density at radius 2 is 1.94 bits per heavy atom. The van der Waals surface area contributed by atoms with Crippen molar-refractivity contribution in [3.8, 4) is 0 Å². The molecule has 0 aromatic rings. The van der Waals surface area contributed by atoms with Crippen molar-refractivity contribution in [1.82, 2.24) is 5.32 Å². The van der Waals surface area contributed by atoms with Gasteiger partial charge in [-0.3, -0.25) is 0 Å². The molecule has 0 radical (unpaired) electrons. The molecular weight excluding hydrogens is 210 g/mol. The highest BCUT2D eigenvalue weighted by atomic mass is 16.5. The van der Waals surface area contributed by atoms with E-state index in [0.29, 0.717) is 11.5 Å². The molecule has 2 heteroatoms. The molecule has 0 aromatic carbocycles. The molecule has 0 saturated heterocycles. The van der Waals surface area contributed by atoms with Crippen LogP contribution in [0, 0.1) is 5.41 Å². The van der Waals surface area contributed by atoms with Crippen LogP contribution in [0.3, 0.4) is 0 Å². The number of nitrogens with one attached hydrogen (secondary N) is 1. The minimum Gasteiger partial charge on any atom is -0.378 e. The van der Waals surface area contributed by atoms with Crippen LogP contribution < -0.4 is 5.32 Å². The summed E-state index contributed by atoms with van der Waals surface area (Å²) in [5.74, 6) is 0. The van der Waals surface area contributed by atoms with Crippen LogP contribution in [0.15, 0.2) is 0 Å². The van der Waals surface area contributed by atoms with Gasteiger partial charge in [0.15, 0.2) is 0 Å². The van der Waals surface area contributed by atoms with Gasteiger partial charge in [-0.15, -0.1) is 0 Å². The summed E-state index contributed by atoms with van der Waals surface area (Å²) in [5, 5.41) is 3.74. The molecule has 0 amide bonds. The summed E-state index contributed by atoms with van der Waals surface area (Å²) in [4.78, 5) is 0. The lowest BCUT2D eigenvalue weighted by Gasteiger charge is -2.54. The first kappa shape index (κ1) is 13.4. The van der Waals surface area contributed by atoms with E-state index in [9.17, 15) is 0 Å². The Balaban J connectivity index is 1.83. The minimum atomic E-state index is 0.517. The lowest BCUT2D eigenvalue weighted by Crippen LogP contribution is -2.62. The largest absolute Gasteiger partial charge is 0.378 e. The van der Waals surface area contributed by atoms with Gasteiger partial charge >= 0.3 is 0 Å². The molecule has 2 nitrogen and oxygen atoms in total. The summed E-state index contributed by atoms with van der Waals surface area (Å²) < 4.78 is 6.13. The van der Waals surface area contributed by atoms with Crippen molar-refractivity contribution in [2.24, 2.45) is 5.41 Å². The maximum Gasteiger partial charge on any atom is 0.0661 e. The van der Waals surface area contributed by atoms with Crippen LogP contribution in [-0.2, 0) is 4.74 Å². The number of hydrogen-bond donors (Lipinski definition) is 1. The van der Waals surface area contributed by atoms with E-state index < -0.39 is 0 Å². The summed E-state index contributed by atoms with van der Waals surface area (Å²) in [7, 11) is 0. The van der Waals surface area contributed by atoms with Gasteiger partial charge in [-0.05, 0) is 38.6 Å². The molecule has 100 valence electrons. The van der Waals surface area contributed by atoms with E-state index in [1.807, 2.05) is 0 Å². The molecule has 1 N–H and O–H groups in total. The molecule has 0 heterocycles. The smallest absolute Gasteiger partial charge is 0.0661 e. The Bertz CT molecular complexity index is 223. The second-order valence-corrected chi connectivity index (χ2v) is 5.90. The predicted molar refractivity (Wildman–Crippen MR) is 72.2 cm³/mol. The zero-order valence-corrected chi connectivity index (χ0v) is 11.6. The van der Waals surface area contributed by atoms with Crippen LogP contribution >= 0.6 is 0 Å². The first-order chi connectivity index (χ1) is 8.33. The van der Waals surface area contributed by atoms with Crippen molar-refractivity contribution in [2.75, 3.05) is 13.2 Å². The van der Waals surface area contributed by atoms with Gasteiger partial charge in [-0.2, -0.15) is 0 Å².